The van der Waals surface area contributed by atoms with Gasteiger partial charge in [0.25, 0.3) is 5.91 Å². The van der Waals surface area contributed by atoms with Crippen LogP contribution in [0.5, 0.6) is 0 Å². The van der Waals surface area contributed by atoms with Gasteiger partial charge in [-0.1, -0.05) is 42.2 Å². The Morgan fingerprint density at radius 3 is 2.76 bits per heavy atom. The zero-order valence-electron chi connectivity index (χ0n) is 10.7. The van der Waals surface area contributed by atoms with E-state index in [4.69, 9.17) is 12.2 Å². The van der Waals surface area contributed by atoms with Crippen LogP contribution < -0.4 is 4.90 Å². The number of aromatic nitrogens is 1. The lowest BCUT2D eigenvalue weighted by Gasteiger charge is -2.13. The van der Waals surface area contributed by atoms with Crippen molar-refractivity contribution in [3.8, 4) is 0 Å². The van der Waals surface area contributed by atoms with Crippen LogP contribution >= 0.6 is 24.0 Å². The number of benzene rings is 1. The molecule has 1 aliphatic rings. The summed E-state index contributed by atoms with van der Waals surface area (Å²) in [5.41, 5.74) is 0.973. The number of rotatable bonds is 2. The summed E-state index contributed by atoms with van der Waals surface area (Å²) in [6, 6.07) is 9.78. The van der Waals surface area contributed by atoms with Crippen molar-refractivity contribution in [1.29, 1.82) is 0 Å². The van der Waals surface area contributed by atoms with Crippen LogP contribution in [0, 0.1) is 5.82 Å². The van der Waals surface area contributed by atoms with E-state index >= 15 is 0 Å². The zero-order chi connectivity index (χ0) is 14.8. The Hall–Kier alpha value is -2.05. The van der Waals surface area contributed by atoms with Gasteiger partial charge in [0.15, 0.2) is 4.32 Å². The quantitative estimate of drug-likeness (QED) is 0.626. The molecule has 0 saturated carbocycles. The molecule has 0 bridgehead atoms. The number of halogens is 1. The third-order valence-corrected chi connectivity index (χ3v) is 4.19. The largest absolute Gasteiger partial charge is 0.270 e. The summed E-state index contributed by atoms with van der Waals surface area (Å²) in [6.45, 7) is 0. The van der Waals surface area contributed by atoms with Gasteiger partial charge < -0.3 is 0 Å². The number of anilines is 1. The molecule has 1 aliphatic heterocycles. The molecule has 0 atom stereocenters. The van der Waals surface area contributed by atoms with Crippen LogP contribution in [0.2, 0.25) is 0 Å². The predicted octanol–water partition coefficient (Wildman–Crippen LogP) is 3.63. The van der Waals surface area contributed by atoms with Gasteiger partial charge in [-0.05, 0) is 24.3 Å². The van der Waals surface area contributed by atoms with E-state index in [0.717, 1.165) is 11.8 Å². The van der Waals surface area contributed by atoms with E-state index in [0.29, 0.717) is 20.5 Å². The highest BCUT2D eigenvalue weighted by molar-refractivity contribution is 8.27. The molecule has 0 aliphatic carbocycles. The molecule has 0 spiro atoms. The summed E-state index contributed by atoms with van der Waals surface area (Å²) in [5.74, 6) is -0.634. The fourth-order valence-corrected chi connectivity index (χ4v) is 3.20. The van der Waals surface area contributed by atoms with E-state index < -0.39 is 0 Å². The highest BCUT2D eigenvalue weighted by Gasteiger charge is 2.33. The minimum absolute atomic E-state index is 0.263. The molecule has 1 saturated heterocycles. The second-order valence-electron chi connectivity index (χ2n) is 4.25. The summed E-state index contributed by atoms with van der Waals surface area (Å²) in [6.07, 6.45) is 4.71. The van der Waals surface area contributed by atoms with Gasteiger partial charge >= 0.3 is 0 Å². The van der Waals surface area contributed by atoms with Gasteiger partial charge in [0.1, 0.15) is 5.82 Å². The van der Waals surface area contributed by atoms with Crippen LogP contribution in [0.3, 0.4) is 0 Å². The maximum absolute atomic E-state index is 13.7. The lowest BCUT2D eigenvalue weighted by molar-refractivity contribution is -0.113. The predicted molar refractivity (Wildman–Crippen MR) is 86.3 cm³/mol. The Bertz CT molecular complexity index is 746. The van der Waals surface area contributed by atoms with Crippen LogP contribution in [0.4, 0.5) is 10.1 Å². The Kier molecular flexibility index (Phi) is 3.81. The van der Waals surface area contributed by atoms with E-state index in [2.05, 4.69) is 4.98 Å². The second kappa shape index (κ2) is 5.75. The van der Waals surface area contributed by atoms with Crippen molar-refractivity contribution in [1.82, 2.24) is 4.98 Å². The normalized spacial score (nSPS) is 16.8. The fourth-order valence-electron chi connectivity index (χ4n) is 1.91. The number of hydrogen-bond acceptors (Lipinski definition) is 4. The summed E-state index contributed by atoms with van der Waals surface area (Å²) in [7, 11) is 0. The van der Waals surface area contributed by atoms with E-state index in [1.165, 1.54) is 17.0 Å². The average Bonchev–Trinajstić information content (AvgIpc) is 2.77. The number of thioether (sulfide) groups is 1. The van der Waals surface area contributed by atoms with Crippen molar-refractivity contribution in [3.05, 3.63) is 65.1 Å². The molecular formula is C15H9FN2OS2. The number of carbonyl (C=O) groups is 1. The minimum atomic E-state index is -0.371. The van der Waals surface area contributed by atoms with E-state index in [1.54, 1.807) is 42.7 Å². The Balaban J connectivity index is 1.96. The number of carbonyl (C=O) groups excluding carboxylic acids is 1. The SMILES string of the molecule is O=C1C(=Cc2ccccc2F)SC(=S)N1c1cccnc1. The number of amides is 1. The van der Waals surface area contributed by atoms with Gasteiger partial charge in [0.05, 0.1) is 16.8 Å². The monoisotopic (exact) mass is 316 g/mol. The summed E-state index contributed by atoms with van der Waals surface area (Å²) >= 11 is 6.39. The summed E-state index contributed by atoms with van der Waals surface area (Å²) < 4.78 is 14.1. The van der Waals surface area contributed by atoms with Crippen molar-refractivity contribution < 1.29 is 9.18 Å². The van der Waals surface area contributed by atoms with E-state index in [9.17, 15) is 9.18 Å². The van der Waals surface area contributed by atoms with Crippen molar-refractivity contribution >= 4 is 46.0 Å². The van der Waals surface area contributed by atoms with Gasteiger partial charge in [0, 0.05) is 11.8 Å². The molecule has 3 nitrogen and oxygen atoms in total. The van der Waals surface area contributed by atoms with Gasteiger partial charge in [-0.2, -0.15) is 0 Å². The van der Waals surface area contributed by atoms with Crippen LogP contribution in [0.1, 0.15) is 5.56 Å². The number of nitrogens with zero attached hydrogens (tertiary/aromatic N) is 2. The molecule has 0 unspecified atom stereocenters. The summed E-state index contributed by atoms with van der Waals surface area (Å²) in [4.78, 5) is 18.2. The van der Waals surface area contributed by atoms with E-state index in [1.807, 2.05) is 0 Å². The molecule has 21 heavy (non-hydrogen) atoms. The van der Waals surface area contributed by atoms with Crippen molar-refractivity contribution in [2.24, 2.45) is 0 Å². The molecule has 6 heteroatoms. The highest BCUT2D eigenvalue weighted by atomic mass is 32.2. The molecule has 2 heterocycles. The van der Waals surface area contributed by atoms with Gasteiger partial charge in [-0.3, -0.25) is 14.7 Å². The second-order valence-corrected chi connectivity index (χ2v) is 5.93. The van der Waals surface area contributed by atoms with Gasteiger partial charge in [-0.15, -0.1) is 0 Å². The molecule has 1 fully saturated rings. The number of pyridine rings is 1. The standard InChI is InChI=1S/C15H9FN2OS2/c16-12-6-2-1-4-10(12)8-13-14(19)18(15(20)21-13)11-5-3-7-17-9-11/h1-9H. The smallest absolute Gasteiger partial charge is 0.268 e. The molecule has 1 aromatic heterocycles. The molecular weight excluding hydrogens is 307 g/mol. The third kappa shape index (κ3) is 2.72. The van der Waals surface area contributed by atoms with Crippen LogP contribution in [-0.2, 0) is 4.79 Å². The molecule has 0 N–H and O–H groups in total. The van der Waals surface area contributed by atoms with Crippen molar-refractivity contribution in [3.63, 3.8) is 0 Å². The Labute approximate surface area is 130 Å². The molecule has 104 valence electrons. The van der Waals surface area contributed by atoms with E-state index in [-0.39, 0.29) is 11.7 Å². The summed E-state index contributed by atoms with van der Waals surface area (Å²) in [5, 5.41) is 0. The number of thiocarbonyl (C=S) groups is 1. The topological polar surface area (TPSA) is 33.2 Å². The zero-order valence-corrected chi connectivity index (χ0v) is 12.3. The number of hydrogen-bond donors (Lipinski definition) is 0. The van der Waals surface area contributed by atoms with Crippen LogP contribution in [0.15, 0.2) is 53.7 Å². The lowest BCUT2D eigenvalue weighted by atomic mass is 10.2. The van der Waals surface area contributed by atoms with Gasteiger partial charge in [0.2, 0.25) is 0 Å². The third-order valence-electron chi connectivity index (χ3n) is 2.89. The highest BCUT2D eigenvalue weighted by Crippen LogP contribution is 2.35. The molecule has 0 radical (unpaired) electrons. The van der Waals surface area contributed by atoms with Crippen LogP contribution in [-0.4, -0.2) is 15.2 Å². The maximum Gasteiger partial charge on any atom is 0.270 e. The lowest BCUT2D eigenvalue weighted by Crippen LogP contribution is -2.27. The Morgan fingerprint density at radius 2 is 2.05 bits per heavy atom. The van der Waals surface area contributed by atoms with Crippen molar-refractivity contribution in [2.45, 2.75) is 0 Å². The first-order valence-corrected chi connectivity index (χ1v) is 7.32. The first-order chi connectivity index (χ1) is 10.2. The fraction of sp³-hybridized carbons (Fsp3) is 0. The minimum Gasteiger partial charge on any atom is -0.268 e. The average molecular weight is 316 g/mol. The maximum atomic E-state index is 13.7. The van der Waals surface area contributed by atoms with Crippen LogP contribution in [0.25, 0.3) is 6.08 Å². The molecule has 1 amide bonds. The Morgan fingerprint density at radius 1 is 1.24 bits per heavy atom. The van der Waals surface area contributed by atoms with Gasteiger partial charge in [-0.25, -0.2) is 4.39 Å². The molecule has 3 rings (SSSR count). The molecule has 1 aromatic carbocycles. The first kappa shape index (κ1) is 13.9. The molecule has 2 aromatic rings. The van der Waals surface area contributed by atoms with Crippen molar-refractivity contribution in [2.75, 3.05) is 4.90 Å². The first-order valence-electron chi connectivity index (χ1n) is 6.09.